The van der Waals surface area contributed by atoms with E-state index in [0.717, 1.165) is 41.2 Å². The molecule has 1 aliphatic heterocycles. The molecule has 5 heteroatoms. The Hall–Kier alpha value is -2.69. The van der Waals surface area contributed by atoms with Gasteiger partial charge >= 0.3 is 0 Å². The topological polar surface area (TPSA) is 59.2 Å². The van der Waals surface area contributed by atoms with Gasteiger partial charge in [-0.05, 0) is 50.6 Å². The van der Waals surface area contributed by atoms with Crippen LogP contribution in [-0.4, -0.2) is 33.9 Å². The summed E-state index contributed by atoms with van der Waals surface area (Å²) >= 11 is 0. The first kappa shape index (κ1) is 14.9. The van der Waals surface area contributed by atoms with Crippen molar-refractivity contribution in [1.29, 1.82) is 0 Å². The Bertz CT molecular complexity index is 916. The van der Waals surface area contributed by atoms with Gasteiger partial charge in [0.15, 0.2) is 0 Å². The Morgan fingerprint density at radius 2 is 2.12 bits per heavy atom. The maximum absolute atomic E-state index is 12.8. The summed E-state index contributed by atoms with van der Waals surface area (Å²) < 4.78 is 5.57. The minimum atomic E-state index is 0.0610. The normalized spacial score (nSPS) is 17.6. The number of hydrogen-bond donors (Lipinski definition) is 0. The molecule has 1 aromatic carbocycles. The zero-order valence-electron chi connectivity index (χ0n) is 13.8. The zero-order valence-corrected chi connectivity index (χ0v) is 13.8. The number of fused-ring (bicyclic) bond motifs is 1. The van der Waals surface area contributed by atoms with Gasteiger partial charge in [-0.25, -0.2) is 9.97 Å². The number of aryl methyl sites for hydroxylation is 2. The van der Waals surface area contributed by atoms with Crippen LogP contribution < -0.4 is 0 Å². The third-order valence-electron chi connectivity index (χ3n) is 4.54. The number of rotatable bonds is 2. The van der Waals surface area contributed by atoms with Gasteiger partial charge in [-0.2, -0.15) is 0 Å². The van der Waals surface area contributed by atoms with Crippen LogP contribution in [0.1, 0.15) is 40.0 Å². The Balaban J connectivity index is 1.54. The SMILES string of the molecule is Cc1ccnc([C@H]2CCN(C(=O)c3ccc4oc(C)cc4c3)C2)n1. The van der Waals surface area contributed by atoms with Crippen LogP contribution in [0.3, 0.4) is 0 Å². The smallest absolute Gasteiger partial charge is 0.253 e. The van der Waals surface area contributed by atoms with Crippen LogP contribution in [0.2, 0.25) is 0 Å². The third-order valence-corrected chi connectivity index (χ3v) is 4.54. The van der Waals surface area contributed by atoms with Crippen LogP contribution in [0.25, 0.3) is 11.0 Å². The molecule has 2 aromatic heterocycles. The number of furan rings is 1. The monoisotopic (exact) mass is 321 g/mol. The highest BCUT2D eigenvalue weighted by atomic mass is 16.3. The molecule has 1 amide bonds. The summed E-state index contributed by atoms with van der Waals surface area (Å²) in [5, 5.41) is 0.969. The summed E-state index contributed by atoms with van der Waals surface area (Å²) in [6.07, 6.45) is 2.69. The quantitative estimate of drug-likeness (QED) is 0.725. The van der Waals surface area contributed by atoms with Crippen molar-refractivity contribution in [1.82, 2.24) is 14.9 Å². The molecule has 3 heterocycles. The van der Waals surface area contributed by atoms with Crippen molar-refractivity contribution in [3.63, 3.8) is 0 Å². The van der Waals surface area contributed by atoms with Gasteiger partial charge in [0.2, 0.25) is 0 Å². The van der Waals surface area contributed by atoms with E-state index in [1.54, 1.807) is 6.20 Å². The number of likely N-dealkylation sites (tertiary alicyclic amines) is 1. The Labute approximate surface area is 140 Å². The van der Waals surface area contributed by atoms with E-state index in [9.17, 15) is 4.79 Å². The fourth-order valence-electron chi connectivity index (χ4n) is 3.31. The molecule has 4 rings (SSSR count). The average Bonchev–Trinajstić information content (AvgIpc) is 3.19. The highest BCUT2D eigenvalue weighted by Gasteiger charge is 2.29. The van der Waals surface area contributed by atoms with E-state index in [-0.39, 0.29) is 11.8 Å². The summed E-state index contributed by atoms with van der Waals surface area (Å²) in [5.41, 5.74) is 2.48. The largest absolute Gasteiger partial charge is 0.461 e. The molecule has 5 nitrogen and oxygen atoms in total. The molecule has 0 radical (unpaired) electrons. The molecule has 0 spiro atoms. The van der Waals surface area contributed by atoms with E-state index in [0.29, 0.717) is 12.1 Å². The Morgan fingerprint density at radius 1 is 1.25 bits per heavy atom. The minimum Gasteiger partial charge on any atom is -0.461 e. The molecule has 1 aliphatic rings. The predicted octanol–water partition coefficient (Wildman–Crippen LogP) is 3.47. The van der Waals surface area contributed by atoms with Gasteiger partial charge in [0.1, 0.15) is 17.2 Å². The summed E-state index contributed by atoms with van der Waals surface area (Å²) in [6.45, 7) is 5.29. The van der Waals surface area contributed by atoms with Gasteiger partial charge in [0.05, 0.1) is 0 Å². The molecular weight excluding hydrogens is 302 g/mol. The molecule has 0 unspecified atom stereocenters. The number of benzene rings is 1. The molecular formula is C19H19N3O2. The molecule has 0 bridgehead atoms. The lowest BCUT2D eigenvalue weighted by molar-refractivity contribution is 0.0790. The number of carbonyl (C=O) groups is 1. The van der Waals surface area contributed by atoms with E-state index >= 15 is 0 Å². The van der Waals surface area contributed by atoms with Gasteiger partial charge in [-0.1, -0.05) is 0 Å². The van der Waals surface area contributed by atoms with E-state index in [1.807, 2.05) is 49.1 Å². The summed E-state index contributed by atoms with van der Waals surface area (Å²) in [5.74, 6) is 1.97. The number of nitrogens with zero attached hydrogens (tertiary/aromatic N) is 3. The number of carbonyl (C=O) groups excluding carboxylic acids is 1. The zero-order chi connectivity index (χ0) is 16.7. The first-order chi connectivity index (χ1) is 11.6. The Morgan fingerprint density at radius 3 is 2.96 bits per heavy atom. The van der Waals surface area contributed by atoms with E-state index in [2.05, 4.69) is 9.97 Å². The van der Waals surface area contributed by atoms with Crippen LogP contribution in [0.5, 0.6) is 0 Å². The third kappa shape index (κ3) is 2.66. The van der Waals surface area contributed by atoms with Crippen LogP contribution in [0.15, 0.2) is 40.9 Å². The molecule has 1 atom stereocenters. The lowest BCUT2D eigenvalue weighted by Gasteiger charge is -2.16. The van der Waals surface area contributed by atoms with Crippen molar-refractivity contribution in [3.05, 3.63) is 59.4 Å². The molecule has 122 valence electrons. The Kier molecular flexibility index (Phi) is 3.56. The van der Waals surface area contributed by atoms with Crippen LogP contribution >= 0.6 is 0 Å². The maximum atomic E-state index is 12.8. The second kappa shape index (κ2) is 5.74. The lowest BCUT2D eigenvalue weighted by atomic mass is 10.1. The standard InChI is InChI=1S/C19H19N3O2/c1-12-5-7-20-18(21-12)15-6-8-22(11-15)19(23)14-3-4-17-16(10-14)9-13(2)24-17/h3-5,7,9-10,15H,6,8,11H2,1-2H3/t15-/m0/s1. The van der Waals surface area contributed by atoms with Gasteiger partial charge in [0.25, 0.3) is 5.91 Å². The number of amides is 1. The van der Waals surface area contributed by atoms with Crippen LogP contribution in [0.4, 0.5) is 0 Å². The molecule has 0 saturated carbocycles. The summed E-state index contributed by atoms with van der Waals surface area (Å²) in [4.78, 5) is 23.6. The maximum Gasteiger partial charge on any atom is 0.253 e. The van der Waals surface area contributed by atoms with Crippen LogP contribution in [0, 0.1) is 13.8 Å². The van der Waals surface area contributed by atoms with Crippen molar-refractivity contribution in [2.75, 3.05) is 13.1 Å². The van der Waals surface area contributed by atoms with Gasteiger partial charge in [-0.15, -0.1) is 0 Å². The van der Waals surface area contributed by atoms with Gasteiger partial charge in [-0.3, -0.25) is 4.79 Å². The van der Waals surface area contributed by atoms with E-state index in [4.69, 9.17) is 4.42 Å². The minimum absolute atomic E-state index is 0.0610. The second-order valence-corrected chi connectivity index (χ2v) is 6.40. The number of aromatic nitrogens is 2. The molecule has 1 fully saturated rings. The second-order valence-electron chi connectivity index (χ2n) is 6.40. The molecule has 1 saturated heterocycles. The van der Waals surface area contributed by atoms with Crippen molar-refractivity contribution in [2.24, 2.45) is 0 Å². The molecule has 0 N–H and O–H groups in total. The van der Waals surface area contributed by atoms with E-state index < -0.39 is 0 Å². The average molecular weight is 321 g/mol. The van der Waals surface area contributed by atoms with Crippen molar-refractivity contribution in [2.45, 2.75) is 26.2 Å². The first-order valence-corrected chi connectivity index (χ1v) is 8.19. The van der Waals surface area contributed by atoms with Crippen molar-refractivity contribution >= 4 is 16.9 Å². The fraction of sp³-hybridized carbons (Fsp3) is 0.316. The molecule has 3 aromatic rings. The van der Waals surface area contributed by atoms with Gasteiger partial charge < -0.3 is 9.32 Å². The van der Waals surface area contributed by atoms with Crippen LogP contribution in [-0.2, 0) is 0 Å². The van der Waals surface area contributed by atoms with Gasteiger partial charge in [0, 0.05) is 41.8 Å². The highest BCUT2D eigenvalue weighted by molar-refractivity contribution is 5.98. The molecule has 24 heavy (non-hydrogen) atoms. The summed E-state index contributed by atoms with van der Waals surface area (Å²) in [6, 6.07) is 9.46. The predicted molar refractivity (Wildman–Crippen MR) is 91.0 cm³/mol. The lowest BCUT2D eigenvalue weighted by Crippen LogP contribution is -2.28. The fourth-order valence-corrected chi connectivity index (χ4v) is 3.31. The summed E-state index contributed by atoms with van der Waals surface area (Å²) in [7, 11) is 0. The first-order valence-electron chi connectivity index (χ1n) is 8.19. The van der Waals surface area contributed by atoms with Crippen molar-refractivity contribution < 1.29 is 9.21 Å². The number of hydrogen-bond acceptors (Lipinski definition) is 4. The van der Waals surface area contributed by atoms with E-state index in [1.165, 1.54) is 0 Å². The van der Waals surface area contributed by atoms with Crippen molar-refractivity contribution in [3.8, 4) is 0 Å². The molecule has 0 aliphatic carbocycles. The highest BCUT2D eigenvalue weighted by Crippen LogP contribution is 2.27.